The molecule has 1 aromatic heterocycles. The van der Waals surface area contributed by atoms with Gasteiger partial charge in [0.15, 0.2) is 5.69 Å². The van der Waals surface area contributed by atoms with Gasteiger partial charge < -0.3 is 14.8 Å². The van der Waals surface area contributed by atoms with Gasteiger partial charge in [-0.2, -0.15) is 0 Å². The molecule has 1 aliphatic rings. The Bertz CT molecular complexity index is 957. The summed E-state index contributed by atoms with van der Waals surface area (Å²) >= 11 is 0. The molecule has 174 valence electrons. The predicted octanol–water partition coefficient (Wildman–Crippen LogP) is 3.25. The van der Waals surface area contributed by atoms with Crippen molar-refractivity contribution < 1.29 is 9.59 Å². The SMILES string of the molecule is CC(C)CN1CCn2c(-c3ccccc3)nc(C(=O)N[C@H](C(=O)N(C)C)C(C)(C)C)c2C1. The minimum Gasteiger partial charge on any atom is -0.347 e. The van der Waals surface area contributed by atoms with Crippen molar-refractivity contribution in [1.82, 2.24) is 24.7 Å². The Balaban J connectivity index is 2.00. The number of aromatic nitrogens is 2. The second kappa shape index (κ2) is 9.45. The maximum absolute atomic E-state index is 13.5. The standard InChI is InChI=1S/C25H37N5O2/c1-17(2)15-29-13-14-30-19(16-29)20(26-22(30)18-11-9-8-10-12-18)23(31)27-21(25(3,4)5)24(32)28(6)7/h8-12,17,21H,13-16H2,1-7H3,(H,27,31)/t21-/m1/s1. The van der Waals surface area contributed by atoms with Crippen LogP contribution in [0.15, 0.2) is 30.3 Å². The number of benzene rings is 1. The van der Waals surface area contributed by atoms with Crippen LogP contribution in [0.3, 0.4) is 0 Å². The van der Waals surface area contributed by atoms with Crippen molar-refractivity contribution in [2.24, 2.45) is 11.3 Å². The molecule has 1 aliphatic heterocycles. The van der Waals surface area contributed by atoms with Crippen LogP contribution in [-0.2, 0) is 17.9 Å². The highest BCUT2D eigenvalue weighted by atomic mass is 16.2. The van der Waals surface area contributed by atoms with Gasteiger partial charge in [-0.3, -0.25) is 14.5 Å². The van der Waals surface area contributed by atoms with E-state index in [-0.39, 0.29) is 11.8 Å². The molecule has 0 saturated heterocycles. The highest BCUT2D eigenvalue weighted by Crippen LogP contribution is 2.28. The van der Waals surface area contributed by atoms with E-state index in [0.29, 0.717) is 18.2 Å². The molecule has 2 amide bonds. The van der Waals surface area contributed by atoms with Crippen molar-refractivity contribution in [1.29, 1.82) is 0 Å². The molecule has 1 aromatic carbocycles. The molecule has 0 fully saturated rings. The first kappa shape index (κ1) is 24.0. The van der Waals surface area contributed by atoms with E-state index < -0.39 is 11.5 Å². The van der Waals surface area contributed by atoms with Crippen molar-refractivity contribution in [2.45, 2.75) is 53.8 Å². The van der Waals surface area contributed by atoms with Gasteiger partial charge in [0, 0.05) is 45.8 Å². The lowest BCUT2D eigenvalue weighted by Gasteiger charge is -2.33. The van der Waals surface area contributed by atoms with Gasteiger partial charge in [-0.15, -0.1) is 0 Å². The van der Waals surface area contributed by atoms with E-state index in [1.165, 1.54) is 4.90 Å². The number of imidazole rings is 1. The molecular formula is C25H37N5O2. The van der Waals surface area contributed by atoms with E-state index in [9.17, 15) is 9.59 Å². The highest BCUT2D eigenvalue weighted by molar-refractivity contribution is 5.97. The largest absolute Gasteiger partial charge is 0.347 e. The van der Waals surface area contributed by atoms with Gasteiger partial charge in [-0.1, -0.05) is 65.0 Å². The van der Waals surface area contributed by atoms with Crippen LogP contribution < -0.4 is 5.32 Å². The van der Waals surface area contributed by atoms with Crippen LogP contribution in [0.5, 0.6) is 0 Å². The second-order valence-corrected chi connectivity index (χ2v) is 10.4. The third kappa shape index (κ3) is 5.21. The molecule has 2 aromatic rings. The lowest BCUT2D eigenvalue weighted by molar-refractivity contribution is -0.133. The molecule has 32 heavy (non-hydrogen) atoms. The fourth-order valence-corrected chi connectivity index (χ4v) is 4.19. The van der Waals surface area contributed by atoms with Crippen LogP contribution in [0.2, 0.25) is 0 Å². The molecule has 7 nitrogen and oxygen atoms in total. The van der Waals surface area contributed by atoms with Gasteiger partial charge in [0.1, 0.15) is 11.9 Å². The van der Waals surface area contributed by atoms with Crippen molar-refractivity contribution in [2.75, 3.05) is 27.2 Å². The Hall–Kier alpha value is -2.67. The van der Waals surface area contributed by atoms with Gasteiger partial charge in [0.2, 0.25) is 5.91 Å². The number of hydrogen-bond donors (Lipinski definition) is 1. The van der Waals surface area contributed by atoms with Gasteiger partial charge >= 0.3 is 0 Å². The average Bonchev–Trinajstić information content (AvgIpc) is 3.09. The lowest BCUT2D eigenvalue weighted by Crippen LogP contribution is -2.53. The normalized spacial score (nSPS) is 15.4. The van der Waals surface area contributed by atoms with Gasteiger partial charge in [-0.05, 0) is 11.3 Å². The summed E-state index contributed by atoms with van der Waals surface area (Å²) in [7, 11) is 3.42. The number of amides is 2. The maximum atomic E-state index is 13.5. The van der Waals surface area contributed by atoms with Gasteiger partial charge in [0.25, 0.3) is 5.91 Å². The third-order valence-corrected chi connectivity index (χ3v) is 5.79. The summed E-state index contributed by atoms with van der Waals surface area (Å²) in [6, 6.07) is 9.34. The fraction of sp³-hybridized carbons (Fsp3) is 0.560. The Morgan fingerprint density at radius 1 is 1.12 bits per heavy atom. The monoisotopic (exact) mass is 439 g/mol. The first-order chi connectivity index (χ1) is 15.0. The van der Waals surface area contributed by atoms with Crippen molar-refractivity contribution in [3.8, 4) is 11.4 Å². The number of nitrogens with zero attached hydrogens (tertiary/aromatic N) is 4. The fourth-order valence-electron chi connectivity index (χ4n) is 4.19. The molecule has 1 atom stereocenters. The summed E-state index contributed by atoms with van der Waals surface area (Å²) in [6.07, 6.45) is 0. The van der Waals surface area contributed by atoms with Gasteiger partial charge in [-0.25, -0.2) is 4.98 Å². The van der Waals surface area contributed by atoms with E-state index in [4.69, 9.17) is 4.98 Å². The smallest absolute Gasteiger partial charge is 0.272 e. The molecule has 3 rings (SSSR count). The Morgan fingerprint density at radius 3 is 2.34 bits per heavy atom. The van der Waals surface area contributed by atoms with Crippen LogP contribution in [0, 0.1) is 11.3 Å². The summed E-state index contributed by atoms with van der Waals surface area (Å²) in [5.74, 6) is 0.931. The van der Waals surface area contributed by atoms with E-state index in [1.807, 2.05) is 51.1 Å². The minimum absolute atomic E-state index is 0.122. The molecule has 0 spiro atoms. The van der Waals surface area contributed by atoms with E-state index in [0.717, 1.165) is 36.7 Å². The average molecular weight is 440 g/mol. The first-order valence-corrected chi connectivity index (χ1v) is 11.4. The van der Waals surface area contributed by atoms with Crippen LogP contribution in [-0.4, -0.2) is 64.4 Å². The number of rotatable bonds is 6. The molecule has 2 heterocycles. The summed E-state index contributed by atoms with van der Waals surface area (Å²) in [4.78, 5) is 35.0. The Labute approximate surface area is 191 Å². The number of fused-ring (bicyclic) bond motifs is 1. The van der Waals surface area contributed by atoms with Crippen LogP contribution in [0.25, 0.3) is 11.4 Å². The summed E-state index contributed by atoms with van der Waals surface area (Å²) < 4.78 is 2.17. The number of likely N-dealkylation sites (N-methyl/N-ethyl adjacent to an activating group) is 1. The zero-order valence-corrected chi connectivity index (χ0v) is 20.5. The van der Waals surface area contributed by atoms with Crippen LogP contribution in [0.1, 0.15) is 50.8 Å². The molecule has 7 heteroatoms. The van der Waals surface area contributed by atoms with E-state index >= 15 is 0 Å². The van der Waals surface area contributed by atoms with Crippen LogP contribution >= 0.6 is 0 Å². The van der Waals surface area contributed by atoms with Crippen molar-refractivity contribution >= 4 is 11.8 Å². The molecule has 0 aliphatic carbocycles. The van der Waals surface area contributed by atoms with E-state index in [1.54, 1.807) is 14.1 Å². The number of carbonyl (C=O) groups excluding carboxylic acids is 2. The number of hydrogen-bond acceptors (Lipinski definition) is 4. The summed E-state index contributed by atoms with van der Waals surface area (Å²) in [5, 5.41) is 3.00. The third-order valence-electron chi connectivity index (χ3n) is 5.79. The molecule has 0 radical (unpaired) electrons. The van der Waals surface area contributed by atoms with Crippen LogP contribution in [0.4, 0.5) is 0 Å². The first-order valence-electron chi connectivity index (χ1n) is 11.4. The van der Waals surface area contributed by atoms with Gasteiger partial charge in [0.05, 0.1) is 5.69 Å². The zero-order chi connectivity index (χ0) is 23.6. The second-order valence-electron chi connectivity index (χ2n) is 10.4. The topological polar surface area (TPSA) is 70.5 Å². The van der Waals surface area contributed by atoms with Crippen molar-refractivity contribution in [3.05, 3.63) is 41.7 Å². The van der Waals surface area contributed by atoms with Crippen molar-refractivity contribution in [3.63, 3.8) is 0 Å². The van der Waals surface area contributed by atoms with E-state index in [2.05, 4.69) is 28.6 Å². The summed E-state index contributed by atoms with van der Waals surface area (Å²) in [5.41, 5.74) is 1.89. The quantitative estimate of drug-likeness (QED) is 0.750. The number of nitrogens with one attached hydrogen (secondary N) is 1. The Kier molecular flexibility index (Phi) is 7.08. The molecule has 1 N–H and O–H groups in total. The lowest BCUT2D eigenvalue weighted by atomic mass is 9.85. The Morgan fingerprint density at radius 2 is 1.78 bits per heavy atom. The molecule has 0 unspecified atom stereocenters. The molecule has 0 bridgehead atoms. The zero-order valence-electron chi connectivity index (χ0n) is 20.5. The number of carbonyl (C=O) groups is 2. The molecule has 0 saturated carbocycles. The molecular weight excluding hydrogens is 402 g/mol. The summed E-state index contributed by atoms with van der Waals surface area (Å²) in [6.45, 7) is 13.6. The predicted molar refractivity (Wildman–Crippen MR) is 127 cm³/mol. The maximum Gasteiger partial charge on any atom is 0.272 e. The minimum atomic E-state index is -0.641. The highest BCUT2D eigenvalue weighted by Gasteiger charge is 2.36.